The Morgan fingerprint density at radius 2 is 1.96 bits per heavy atom. The van der Waals surface area contributed by atoms with Gasteiger partial charge in [-0.2, -0.15) is 0 Å². The predicted octanol–water partition coefficient (Wildman–Crippen LogP) is 2.35. The minimum absolute atomic E-state index is 0.0567. The van der Waals surface area contributed by atoms with Gasteiger partial charge in [0.15, 0.2) is 11.4 Å². The number of hydrogen-bond donors (Lipinski definition) is 0. The fourth-order valence-electron chi connectivity index (χ4n) is 3.58. The fraction of sp³-hybridized carbons (Fsp3) is 0.889. The number of carbonyl (C=O) groups is 2. The Balaban J connectivity index is 1.96. The maximum atomic E-state index is 12.5. The molecule has 2 aliphatic rings. The van der Waals surface area contributed by atoms with Crippen LogP contribution >= 0.6 is 0 Å². The van der Waals surface area contributed by atoms with Gasteiger partial charge in [-0.1, -0.05) is 0 Å². The highest BCUT2D eigenvalue weighted by Gasteiger charge is 2.49. The lowest BCUT2D eigenvalue weighted by molar-refractivity contribution is -0.199. The third kappa shape index (κ3) is 5.66. The van der Waals surface area contributed by atoms with E-state index in [2.05, 4.69) is 0 Å². The maximum absolute atomic E-state index is 12.5. The van der Waals surface area contributed by atoms with Crippen LogP contribution in [0.3, 0.4) is 0 Å². The highest BCUT2D eigenvalue weighted by atomic mass is 16.7. The Labute approximate surface area is 149 Å². The van der Waals surface area contributed by atoms with Gasteiger partial charge in [0.05, 0.1) is 32.5 Å². The Morgan fingerprint density at radius 3 is 2.56 bits per heavy atom. The molecule has 0 aromatic rings. The van der Waals surface area contributed by atoms with Crippen molar-refractivity contribution in [2.24, 2.45) is 0 Å². The Morgan fingerprint density at radius 1 is 1.20 bits per heavy atom. The maximum Gasteiger partial charge on any atom is 0.338 e. The normalized spacial score (nSPS) is 31.5. The van der Waals surface area contributed by atoms with Gasteiger partial charge in [-0.25, -0.2) is 4.79 Å². The second-order valence-electron chi connectivity index (χ2n) is 7.26. The van der Waals surface area contributed by atoms with Crippen LogP contribution in [0.5, 0.6) is 0 Å². The summed E-state index contributed by atoms with van der Waals surface area (Å²) >= 11 is 0. The first kappa shape index (κ1) is 20.1. The lowest BCUT2D eigenvalue weighted by Crippen LogP contribution is -2.50. The molecule has 2 fully saturated rings. The summed E-state index contributed by atoms with van der Waals surface area (Å²) in [7, 11) is 1.38. The number of rotatable bonds is 7. The van der Waals surface area contributed by atoms with E-state index in [4.69, 9.17) is 23.7 Å². The largest absolute Gasteiger partial charge is 0.467 e. The molecule has 2 saturated heterocycles. The molecule has 0 spiro atoms. The lowest BCUT2D eigenvalue weighted by atomic mass is 9.85. The van der Waals surface area contributed by atoms with Crippen LogP contribution < -0.4 is 0 Å². The van der Waals surface area contributed by atoms with Gasteiger partial charge in [0.1, 0.15) is 0 Å². The molecule has 0 aliphatic carbocycles. The van der Waals surface area contributed by atoms with Crippen molar-refractivity contribution in [1.29, 1.82) is 0 Å². The van der Waals surface area contributed by atoms with Crippen molar-refractivity contribution in [3.8, 4) is 0 Å². The van der Waals surface area contributed by atoms with Crippen molar-refractivity contribution in [2.75, 3.05) is 20.3 Å². The van der Waals surface area contributed by atoms with E-state index in [0.717, 1.165) is 19.3 Å². The first-order chi connectivity index (χ1) is 11.8. The topological polar surface area (TPSA) is 80.3 Å². The van der Waals surface area contributed by atoms with E-state index in [9.17, 15) is 9.59 Å². The molecular weight excluding hydrogens is 328 g/mol. The van der Waals surface area contributed by atoms with E-state index in [0.29, 0.717) is 32.5 Å². The van der Waals surface area contributed by atoms with Gasteiger partial charge in [-0.05, 0) is 46.0 Å². The highest BCUT2D eigenvalue weighted by Crippen LogP contribution is 2.38. The van der Waals surface area contributed by atoms with Crippen molar-refractivity contribution in [2.45, 2.75) is 82.9 Å². The van der Waals surface area contributed by atoms with E-state index in [1.165, 1.54) is 14.0 Å². The van der Waals surface area contributed by atoms with Crippen LogP contribution in [0.15, 0.2) is 0 Å². The average Bonchev–Trinajstić information content (AvgIpc) is 2.89. The van der Waals surface area contributed by atoms with Crippen molar-refractivity contribution >= 4 is 11.9 Å². The molecule has 2 aliphatic heterocycles. The second kappa shape index (κ2) is 8.47. The fourth-order valence-corrected chi connectivity index (χ4v) is 3.58. The van der Waals surface area contributed by atoms with Crippen molar-refractivity contribution in [3.05, 3.63) is 0 Å². The monoisotopic (exact) mass is 358 g/mol. The summed E-state index contributed by atoms with van der Waals surface area (Å²) in [6.45, 7) is 5.92. The molecule has 144 valence electrons. The summed E-state index contributed by atoms with van der Waals surface area (Å²) in [5.41, 5.74) is -0.993. The molecule has 0 bridgehead atoms. The van der Waals surface area contributed by atoms with Crippen LogP contribution in [-0.2, 0) is 33.3 Å². The highest BCUT2D eigenvalue weighted by molar-refractivity contribution is 5.79. The van der Waals surface area contributed by atoms with E-state index in [1.54, 1.807) is 0 Å². The molecule has 2 unspecified atom stereocenters. The molecule has 2 heterocycles. The van der Waals surface area contributed by atoms with Crippen LogP contribution in [-0.4, -0.2) is 55.9 Å². The minimum atomic E-state index is -0.993. The summed E-state index contributed by atoms with van der Waals surface area (Å²) in [6.07, 6.45) is 3.98. The molecule has 0 radical (unpaired) electrons. The van der Waals surface area contributed by atoms with E-state index < -0.39 is 11.4 Å². The molecule has 2 rings (SSSR count). The van der Waals surface area contributed by atoms with Crippen molar-refractivity contribution < 1.29 is 33.3 Å². The Bertz CT molecular complexity index is 476. The molecule has 0 aromatic heterocycles. The van der Waals surface area contributed by atoms with Crippen molar-refractivity contribution in [1.82, 2.24) is 0 Å². The molecule has 0 amide bonds. The Kier molecular flexibility index (Phi) is 6.82. The second-order valence-corrected chi connectivity index (χ2v) is 7.26. The zero-order chi connectivity index (χ0) is 18.5. The summed E-state index contributed by atoms with van der Waals surface area (Å²) in [5, 5.41) is 0. The van der Waals surface area contributed by atoms with Crippen LogP contribution in [0.25, 0.3) is 0 Å². The van der Waals surface area contributed by atoms with Gasteiger partial charge in [0, 0.05) is 13.3 Å². The van der Waals surface area contributed by atoms with Gasteiger partial charge in [0.2, 0.25) is 0 Å². The molecule has 7 nitrogen and oxygen atoms in total. The van der Waals surface area contributed by atoms with Crippen LogP contribution in [0.4, 0.5) is 0 Å². The average molecular weight is 358 g/mol. The molecular formula is C18H30O7. The van der Waals surface area contributed by atoms with Gasteiger partial charge in [-0.15, -0.1) is 0 Å². The van der Waals surface area contributed by atoms with Gasteiger partial charge in [0.25, 0.3) is 0 Å². The van der Waals surface area contributed by atoms with Crippen molar-refractivity contribution in [3.63, 3.8) is 0 Å². The van der Waals surface area contributed by atoms with Gasteiger partial charge >= 0.3 is 11.9 Å². The molecule has 7 heteroatoms. The number of ether oxygens (including phenoxy) is 5. The molecule has 25 heavy (non-hydrogen) atoms. The summed E-state index contributed by atoms with van der Waals surface area (Å²) < 4.78 is 27.7. The zero-order valence-electron chi connectivity index (χ0n) is 15.7. The van der Waals surface area contributed by atoms with E-state index >= 15 is 0 Å². The van der Waals surface area contributed by atoms with E-state index in [1.807, 2.05) is 13.8 Å². The number of carbonyl (C=O) groups excluding carboxylic acids is 2. The minimum Gasteiger partial charge on any atom is -0.467 e. The predicted molar refractivity (Wildman–Crippen MR) is 88.9 cm³/mol. The van der Waals surface area contributed by atoms with Gasteiger partial charge < -0.3 is 23.7 Å². The SMILES string of the molecule is COC(=O)[C@@]1(CC2COC(C)(C)O2)CCCC(CCCOC(C)=O)O1. The third-order valence-corrected chi connectivity index (χ3v) is 4.66. The van der Waals surface area contributed by atoms with Crippen LogP contribution in [0, 0.1) is 0 Å². The first-order valence-electron chi connectivity index (χ1n) is 8.98. The summed E-state index contributed by atoms with van der Waals surface area (Å²) in [5.74, 6) is -1.28. The molecule has 0 N–H and O–H groups in total. The van der Waals surface area contributed by atoms with Crippen LogP contribution in [0.2, 0.25) is 0 Å². The molecule has 0 saturated carbocycles. The van der Waals surface area contributed by atoms with E-state index in [-0.39, 0.29) is 24.1 Å². The number of esters is 2. The summed E-state index contributed by atoms with van der Waals surface area (Å²) in [4.78, 5) is 23.3. The standard InChI is InChI=1S/C18H30O7/c1-13(19)22-10-6-8-14-7-5-9-18(25-14,16(20)21-4)11-15-12-23-17(2,3)24-15/h14-15H,5-12H2,1-4H3/t14?,15?,18-/m0/s1. The zero-order valence-corrected chi connectivity index (χ0v) is 15.7. The van der Waals surface area contributed by atoms with Gasteiger partial charge in [-0.3, -0.25) is 4.79 Å². The smallest absolute Gasteiger partial charge is 0.338 e. The number of hydrogen-bond acceptors (Lipinski definition) is 7. The Hall–Kier alpha value is -1.18. The summed E-state index contributed by atoms with van der Waals surface area (Å²) in [6, 6.07) is 0. The lowest BCUT2D eigenvalue weighted by Gasteiger charge is -2.40. The first-order valence-corrected chi connectivity index (χ1v) is 8.98. The number of methoxy groups -OCH3 is 1. The molecule has 3 atom stereocenters. The molecule has 0 aromatic carbocycles. The quantitative estimate of drug-likeness (QED) is 0.510. The third-order valence-electron chi connectivity index (χ3n) is 4.66. The van der Waals surface area contributed by atoms with Crippen LogP contribution in [0.1, 0.15) is 59.3 Å².